The van der Waals surface area contributed by atoms with Crippen molar-refractivity contribution in [3.63, 3.8) is 0 Å². The molecule has 0 amide bonds. The van der Waals surface area contributed by atoms with E-state index in [0.717, 1.165) is 32.1 Å². The summed E-state index contributed by atoms with van der Waals surface area (Å²) < 4.78 is 0. The van der Waals surface area contributed by atoms with Crippen molar-refractivity contribution in [1.29, 1.82) is 0 Å². The molecule has 0 aliphatic rings. The summed E-state index contributed by atoms with van der Waals surface area (Å²) in [7, 11) is 0. The average molecular weight is 232 g/mol. The van der Waals surface area contributed by atoms with Gasteiger partial charge in [0.1, 0.15) is 0 Å². The Labute approximate surface area is 109 Å². The van der Waals surface area contributed by atoms with E-state index in [1.807, 2.05) is 0 Å². The van der Waals surface area contributed by atoms with E-state index in [4.69, 9.17) is 0 Å². The van der Waals surface area contributed by atoms with E-state index in [1.54, 1.807) is 0 Å². The Hall–Kier alpha value is -0.880. The fraction of sp³-hybridized carbons (Fsp3) is 0.765. The summed E-state index contributed by atoms with van der Waals surface area (Å²) in [6.07, 6.45) is 13.1. The lowest BCUT2D eigenvalue weighted by atomic mass is 10.2. The third-order valence-corrected chi connectivity index (χ3v) is 2.66. The molecule has 0 aromatic rings. The minimum Gasteiger partial charge on any atom is -0.103 e. The van der Waals surface area contributed by atoms with Crippen LogP contribution in [0.3, 0.4) is 0 Å². The lowest BCUT2D eigenvalue weighted by molar-refractivity contribution is 0.736. The number of unbranched alkanes of at least 4 members (excludes halogenated alkanes) is 8. The van der Waals surface area contributed by atoms with Crippen LogP contribution in [0.15, 0.2) is 0 Å². The molecule has 96 valence electrons. The fourth-order valence-corrected chi connectivity index (χ4v) is 1.55. The zero-order valence-corrected chi connectivity index (χ0v) is 11.8. The first kappa shape index (κ1) is 16.1. The van der Waals surface area contributed by atoms with Crippen LogP contribution in [0.25, 0.3) is 0 Å². The highest BCUT2D eigenvalue weighted by atomic mass is 13.9. The molecule has 0 fully saturated rings. The highest BCUT2D eigenvalue weighted by Gasteiger charge is 1.83. The highest BCUT2D eigenvalue weighted by molar-refractivity contribution is 5.02. The van der Waals surface area contributed by atoms with Gasteiger partial charge in [-0.3, -0.25) is 0 Å². The van der Waals surface area contributed by atoms with E-state index in [0.29, 0.717) is 0 Å². The van der Waals surface area contributed by atoms with Gasteiger partial charge < -0.3 is 0 Å². The second-order valence-electron chi connectivity index (χ2n) is 4.47. The van der Waals surface area contributed by atoms with Crippen LogP contribution in [0.5, 0.6) is 0 Å². The summed E-state index contributed by atoms with van der Waals surface area (Å²) in [5, 5.41) is 0. The highest BCUT2D eigenvalue weighted by Crippen LogP contribution is 1.99. The Bertz CT molecular complexity index is 225. The molecular weight excluding hydrogens is 204 g/mol. The Morgan fingerprint density at radius 2 is 0.824 bits per heavy atom. The molecule has 0 aliphatic carbocycles. The maximum Gasteiger partial charge on any atom is 0.00977 e. The van der Waals surface area contributed by atoms with Gasteiger partial charge in [-0.25, -0.2) is 0 Å². The largest absolute Gasteiger partial charge is 0.103 e. The zero-order chi connectivity index (χ0) is 12.6. The molecule has 0 heterocycles. The first-order chi connectivity index (χ1) is 8.41. The van der Waals surface area contributed by atoms with Gasteiger partial charge in [0.2, 0.25) is 0 Å². The normalized spacial score (nSPS) is 9.06. The van der Waals surface area contributed by atoms with Crippen molar-refractivity contribution in [3.05, 3.63) is 0 Å². The molecule has 0 unspecified atom stereocenters. The van der Waals surface area contributed by atoms with Gasteiger partial charge in [0.15, 0.2) is 0 Å². The topological polar surface area (TPSA) is 0 Å². The Morgan fingerprint density at radius 1 is 0.471 bits per heavy atom. The summed E-state index contributed by atoms with van der Waals surface area (Å²) in [5.74, 6) is 13.0. The molecule has 0 saturated carbocycles. The SMILES string of the molecule is CCCCCC#CCCCC#CCCCCC. The van der Waals surface area contributed by atoms with Gasteiger partial charge in [0, 0.05) is 25.7 Å². The van der Waals surface area contributed by atoms with Gasteiger partial charge >= 0.3 is 0 Å². The summed E-state index contributed by atoms with van der Waals surface area (Å²) in [5.41, 5.74) is 0. The standard InChI is InChI=1S/C17H28/c1-3-5-7-9-11-13-15-17-16-14-12-10-8-6-4-2/h3-10,15-17H2,1-2H3. The fourth-order valence-electron chi connectivity index (χ4n) is 1.55. The molecule has 0 spiro atoms. The molecule has 0 radical (unpaired) electrons. The second-order valence-corrected chi connectivity index (χ2v) is 4.47. The lowest BCUT2D eigenvalue weighted by Crippen LogP contribution is -1.74. The van der Waals surface area contributed by atoms with Crippen molar-refractivity contribution in [3.8, 4) is 23.7 Å². The molecular formula is C17H28. The number of hydrogen-bond donors (Lipinski definition) is 0. The molecule has 0 aromatic heterocycles. The van der Waals surface area contributed by atoms with E-state index in [-0.39, 0.29) is 0 Å². The molecule has 17 heavy (non-hydrogen) atoms. The molecule has 0 bridgehead atoms. The van der Waals surface area contributed by atoms with E-state index in [2.05, 4.69) is 37.5 Å². The first-order valence-corrected chi connectivity index (χ1v) is 7.33. The first-order valence-electron chi connectivity index (χ1n) is 7.33. The zero-order valence-electron chi connectivity index (χ0n) is 11.8. The van der Waals surface area contributed by atoms with Crippen molar-refractivity contribution in [2.24, 2.45) is 0 Å². The third kappa shape index (κ3) is 15.1. The van der Waals surface area contributed by atoms with Gasteiger partial charge in [0.25, 0.3) is 0 Å². The molecule has 0 rings (SSSR count). The van der Waals surface area contributed by atoms with Crippen LogP contribution in [0.2, 0.25) is 0 Å². The molecule has 0 heteroatoms. The molecule has 0 N–H and O–H groups in total. The third-order valence-electron chi connectivity index (χ3n) is 2.66. The smallest absolute Gasteiger partial charge is 0.00977 e. The Balaban J connectivity index is 3.21. The van der Waals surface area contributed by atoms with Crippen LogP contribution in [-0.2, 0) is 0 Å². The van der Waals surface area contributed by atoms with Crippen LogP contribution in [-0.4, -0.2) is 0 Å². The summed E-state index contributed by atoms with van der Waals surface area (Å²) in [4.78, 5) is 0. The van der Waals surface area contributed by atoms with Crippen LogP contribution in [0.1, 0.15) is 84.5 Å². The maximum atomic E-state index is 3.24. The summed E-state index contributed by atoms with van der Waals surface area (Å²) in [6, 6.07) is 0. The van der Waals surface area contributed by atoms with Gasteiger partial charge in [-0.2, -0.15) is 0 Å². The van der Waals surface area contributed by atoms with Crippen LogP contribution >= 0.6 is 0 Å². The van der Waals surface area contributed by atoms with Crippen LogP contribution in [0.4, 0.5) is 0 Å². The van der Waals surface area contributed by atoms with Crippen LogP contribution in [0, 0.1) is 23.7 Å². The predicted octanol–water partition coefficient (Wildman–Crippen LogP) is 5.32. The average Bonchev–Trinajstić information content (AvgIpc) is 2.35. The van der Waals surface area contributed by atoms with Crippen molar-refractivity contribution < 1.29 is 0 Å². The van der Waals surface area contributed by atoms with Crippen molar-refractivity contribution >= 4 is 0 Å². The molecule has 0 aromatic carbocycles. The minimum absolute atomic E-state index is 1.02. The lowest BCUT2D eigenvalue weighted by Gasteiger charge is -1.89. The van der Waals surface area contributed by atoms with Crippen LogP contribution < -0.4 is 0 Å². The van der Waals surface area contributed by atoms with Gasteiger partial charge in [-0.05, 0) is 19.3 Å². The molecule has 0 nitrogen and oxygen atoms in total. The maximum absolute atomic E-state index is 3.24. The van der Waals surface area contributed by atoms with E-state index in [9.17, 15) is 0 Å². The van der Waals surface area contributed by atoms with E-state index in [1.165, 1.54) is 38.5 Å². The van der Waals surface area contributed by atoms with Gasteiger partial charge in [-0.15, -0.1) is 23.7 Å². The number of rotatable bonds is 8. The molecule has 0 saturated heterocycles. The Morgan fingerprint density at radius 3 is 1.18 bits per heavy atom. The molecule has 0 atom stereocenters. The quantitative estimate of drug-likeness (QED) is 0.392. The van der Waals surface area contributed by atoms with E-state index >= 15 is 0 Å². The van der Waals surface area contributed by atoms with E-state index < -0.39 is 0 Å². The minimum atomic E-state index is 1.02. The predicted molar refractivity (Wildman–Crippen MR) is 77.7 cm³/mol. The van der Waals surface area contributed by atoms with Crippen molar-refractivity contribution in [2.45, 2.75) is 84.5 Å². The monoisotopic (exact) mass is 232 g/mol. The Kier molecular flexibility index (Phi) is 14.3. The summed E-state index contributed by atoms with van der Waals surface area (Å²) >= 11 is 0. The molecule has 0 aliphatic heterocycles. The van der Waals surface area contributed by atoms with Crippen molar-refractivity contribution in [1.82, 2.24) is 0 Å². The van der Waals surface area contributed by atoms with Gasteiger partial charge in [-0.1, -0.05) is 39.5 Å². The summed E-state index contributed by atoms with van der Waals surface area (Å²) in [6.45, 7) is 4.46. The second kappa shape index (κ2) is 15.1. The van der Waals surface area contributed by atoms with Crippen molar-refractivity contribution in [2.75, 3.05) is 0 Å². The van der Waals surface area contributed by atoms with Gasteiger partial charge in [0.05, 0.1) is 0 Å². The number of hydrogen-bond acceptors (Lipinski definition) is 0.